The first-order chi connectivity index (χ1) is 12.5. The highest BCUT2D eigenvalue weighted by Crippen LogP contribution is 2.16. The zero-order chi connectivity index (χ0) is 18.5. The van der Waals surface area contributed by atoms with Crippen molar-refractivity contribution in [2.24, 2.45) is 0 Å². The number of benzene rings is 1. The van der Waals surface area contributed by atoms with Gasteiger partial charge in [-0.1, -0.05) is 11.3 Å². The Balaban J connectivity index is 1.62. The summed E-state index contributed by atoms with van der Waals surface area (Å²) in [4.78, 5) is 26.1. The average molecular weight is 365 g/mol. The van der Waals surface area contributed by atoms with E-state index in [1.165, 1.54) is 6.07 Å². The normalized spacial score (nSPS) is 17.8. The van der Waals surface area contributed by atoms with E-state index in [2.05, 4.69) is 31.3 Å². The summed E-state index contributed by atoms with van der Waals surface area (Å²) in [7, 11) is 0. The van der Waals surface area contributed by atoms with Gasteiger partial charge in [-0.3, -0.25) is 14.5 Å². The average Bonchev–Trinajstić information content (AvgIpc) is 3.13. The lowest BCUT2D eigenvalue weighted by molar-refractivity contribution is -0.134. The number of hydrogen-bond acceptors (Lipinski definition) is 6. The van der Waals surface area contributed by atoms with Gasteiger partial charge in [-0.05, 0) is 17.7 Å². The number of halogens is 2. The number of tetrazole rings is 1. The second kappa shape index (κ2) is 7.95. The Morgan fingerprint density at radius 1 is 1.35 bits per heavy atom. The van der Waals surface area contributed by atoms with E-state index in [1.54, 1.807) is 4.90 Å². The Morgan fingerprint density at radius 2 is 2.19 bits per heavy atom. The van der Waals surface area contributed by atoms with Gasteiger partial charge in [0.2, 0.25) is 11.8 Å². The zero-order valence-corrected chi connectivity index (χ0v) is 13.7. The number of H-pyrrole nitrogens is 1. The number of piperazine rings is 1. The molecule has 1 aliphatic heterocycles. The predicted octanol–water partition coefficient (Wildman–Crippen LogP) is -0.515. The van der Waals surface area contributed by atoms with Crippen molar-refractivity contribution in [1.29, 1.82) is 0 Å². The number of aromatic nitrogens is 4. The van der Waals surface area contributed by atoms with E-state index in [9.17, 15) is 18.4 Å². The third kappa shape index (κ3) is 4.36. The van der Waals surface area contributed by atoms with E-state index in [0.29, 0.717) is 24.5 Å². The maximum atomic E-state index is 13.4. The molecule has 2 amide bonds. The van der Waals surface area contributed by atoms with Gasteiger partial charge in [0.15, 0.2) is 17.5 Å². The van der Waals surface area contributed by atoms with Gasteiger partial charge in [0.25, 0.3) is 0 Å². The van der Waals surface area contributed by atoms with Gasteiger partial charge in [0, 0.05) is 19.6 Å². The van der Waals surface area contributed by atoms with Crippen molar-refractivity contribution in [3.63, 3.8) is 0 Å². The molecule has 0 saturated carbocycles. The van der Waals surface area contributed by atoms with E-state index in [4.69, 9.17) is 0 Å². The Morgan fingerprint density at radius 3 is 2.92 bits per heavy atom. The molecular weight excluding hydrogens is 348 g/mol. The maximum Gasteiger partial charge on any atom is 0.237 e. The second-order valence-electron chi connectivity index (χ2n) is 5.83. The molecule has 1 aromatic carbocycles. The Bertz CT molecular complexity index is 784. The smallest absolute Gasteiger partial charge is 0.237 e. The predicted molar refractivity (Wildman–Crippen MR) is 84.2 cm³/mol. The number of aromatic amines is 1. The zero-order valence-electron chi connectivity index (χ0n) is 13.7. The van der Waals surface area contributed by atoms with Crippen molar-refractivity contribution in [1.82, 2.24) is 36.2 Å². The van der Waals surface area contributed by atoms with Crippen LogP contribution in [-0.4, -0.2) is 56.5 Å². The maximum absolute atomic E-state index is 13.4. The molecule has 26 heavy (non-hydrogen) atoms. The molecule has 0 spiro atoms. The fourth-order valence-corrected chi connectivity index (χ4v) is 2.73. The summed E-state index contributed by atoms with van der Waals surface area (Å²) in [5.41, 5.74) is 0.524. The molecule has 1 aliphatic rings. The molecule has 1 saturated heterocycles. The quantitative estimate of drug-likeness (QED) is 0.635. The standard InChI is InChI=1S/C15H17F2N7O2/c16-10-2-1-9(5-11(10)17)8-24-4-3-18-15(26)12(24)6-14(25)19-7-13-20-22-23-21-13/h1-2,5,12H,3-4,6-8H2,(H,18,26)(H,19,25)(H,20,21,22,23). The monoisotopic (exact) mass is 365 g/mol. The molecule has 1 atom stereocenters. The lowest BCUT2D eigenvalue weighted by atomic mass is 10.1. The first-order valence-electron chi connectivity index (χ1n) is 7.97. The molecule has 11 heteroatoms. The molecule has 9 nitrogen and oxygen atoms in total. The number of hydrogen-bond donors (Lipinski definition) is 3. The van der Waals surface area contributed by atoms with Crippen LogP contribution in [0.25, 0.3) is 0 Å². The molecule has 2 heterocycles. The first-order valence-corrected chi connectivity index (χ1v) is 7.97. The number of carbonyl (C=O) groups is 2. The van der Waals surface area contributed by atoms with Gasteiger partial charge < -0.3 is 10.6 Å². The van der Waals surface area contributed by atoms with Crippen LogP contribution < -0.4 is 10.6 Å². The van der Waals surface area contributed by atoms with E-state index >= 15 is 0 Å². The summed E-state index contributed by atoms with van der Waals surface area (Å²) in [6, 6.07) is 2.89. The first kappa shape index (κ1) is 17.9. The van der Waals surface area contributed by atoms with Gasteiger partial charge in [-0.25, -0.2) is 8.78 Å². The molecule has 0 bridgehead atoms. The second-order valence-corrected chi connectivity index (χ2v) is 5.83. The van der Waals surface area contributed by atoms with Crippen LogP contribution in [0.5, 0.6) is 0 Å². The van der Waals surface area contributed by atoms with Crippen molar-refractivity contribution in [3.05, 3.63) is 41.2 Å². The van der Waals surface area contributed by atoms with Crippen LogP contribution in [0.3, 0.4) is 0 Å². The summed E-state index contributed by atoms with van der Waals surface area (Å²) >= 11 is 0. The summed E-state index contributed by atoms with van der Waals surface area (Å²) in [6.07, 6.45) is -0.0760. The van der Waals surface area contributed by atoms with E-state index in [1.807, 2.05) is 0 Å². The molecule has 138 valence electrons. The van der Waals surface area contributed by atoms with Crippen LogP contribution in [0.2, 0.25) is 0 Å². The molecule has 1 unspecified atom stereocenters. The highest BCUT2D eigenvalue weighted by Gasteiger charge is 2.31. The minimum absolute atomic E-state index is 0.0760. The Hall–Kier alpha value is -2.95. The van der Waals surface area contributed by atoms with E-state index in [-0.39, 0.29) is 31.3 Å². The van der Waals surface area contributed by atoms with Gasteiger partial charge in [0.1, 0.15) is 0 Å². The summed E-state index contributed by atoms with van der Waals surface area (Å²) < 4.78 is 26.5. The highest BCUT2D eigenvalue weighted by atomic mass is 19.2. The van der Waals surface area contributed by atoms with Crippen LogP contribution in [-0.2, 0) is 22.7 Å². The summed E-state index contributed by atoms with van der Waals surface area (Å²) in [5, 5.41) is 18.4. The summed E-state index contributed by atoms with van der Waals surface area (Å²) in [5.74, 6) is -2.19. The van der Waals surface area contributed by atoms with E-state index < -0.39 is 17.7 Å². The van der Waals surface area contributed by atoms with E-state index in [0.717, 1.165) is 12.1 Å². The third-order valence-electron chi connectivity index (χ3n) is 4.02. The van der Waals surface area contributed by atoms with Gasteiger partial charge in [-0.2, -0.15) is 5.21 Å². The molecule has 1 fully saturated rings. The minimum Gasteiger partial charge on any atom is -0.353 e. The number of nitrogens with zero attached hydrogens (tertiary/aromatic N) is 4. The Kier molecular flexibility index (Phi) is 5.46. The third-order valence-corrected chi connectivity index (χ3v) is 4.02. The lowest BCUT2D eigenvalue weighted by Gasteiger charge is -2.34. The number of carbonyl (C=O) groups excluding carboxylic acids is 2. The number of amides is 2. The number of nitrogens with one attached hydrogen (secondary N) is 3. The lowest BCUT2D eigenvalue weighted by Crippen LogP contribution is -2.56. The number of rotatable bonds is 6. The van der Waals surface area contributed by atoms with Gasteiger partial charge in [-0.15, -0.1) is 10.2 Å². The summed E-state index contributed by atoms with van der Waals surface area (Å²) in [6.45, 7) is 1.23. The van der Waals surface area contributed by atoms with Crippen molar-refractivity contribution in [2.75, 3.05) is 13.1 Å². The van der Waals surface area contributed by atoms with Crippen molar-refractivity contribution in [3.8, 4) is 0 Å². The molecule has 0 radical (unpaired) electrons. The SMILES string of the molecule is O=C(CC1C(=O)NCCN1Cc1ccc(F)c(F)c1)NCc1nn[nH]n1. The van der Waals surface area contributed by atoms with Crippen molar-refractivity contribution >= 4 is 11.8 Å². The molecule has 0 aliphatic carbocycles. The van der Waals surface area contributed by atoms with Crippen LogP contribution in [0, 0.1) is 11.6 Å². The fourth-order valence-electron chi connectivity index (χ4n) is 2.73. The fraction of sp³-hybridized carbons (Fsp3) is 0.400. The topological polar surface area (TPSA) is 116 Å². The van der Waals surface area contributed by atoms with Crippen molar-refractivity contribution < 1.29 is 18.4 Å². The molecular formula is C15H17F2N7O2. The van der Waals surface area contributed by atoms with Crippen LogP contribution in [0.15, 0.2) is 18.2 Å². The largest absolute Gasteiger partial charge is 0.353 e. The van der Waals surface area contributed by atoms with Gasteiger partial charge in [0.05, 0.1) is 19.0 Å². The molecule has 3 rings (SSSR count). The van der Waals surface area contributed by atoms with Crippen LogP contribution in [0.1, 0.15) is 17.8 Å². The molecule has 2 aromatic rings. The molecule has 1 aromatic heterocycles. The molecule has 3 N–H and O–H groups in total. The van der Waals surface area contributed by atoms with Crippen LogP contribution in [0.4, 0.5) is 8.78 Å². The highest BCUT2D eigenvalue weighted by molar-refractivity contribution is 5.88. The van der Waals surface area contributed by atoms with Crippen LogP contribution >= 0.6 is 0 Å². The minimum atomic E-state index is -0.946. The van der Waals surface area contributed by atoms with Gasteiger partial charge >= 0.3 is 0 Å². The Labute approximate surface area is 147 Å². The van der Waals surface area contributed by atoms with Crippen molar-refractivity contribution in [2.45, 2.75) is 25.6 Å².